The van der Waals surface area contributed by atoms with Gasteiger partial charge in [-0.2, -0.15) is 0 Å². The summed E-state index contributed by atoms with van der Waals surface area (Å²) in [6, 6.07) is 10.3. The van der Waals surface area contributed by atoms with E-state index >= 15 is 0 Å². The first-order chi connectivity index (χ1) is 11.3. The fraction of sp³-hybridized carbons (Fsp3) is 0.316. The topological polar surface area (TPSA) is 23.6 Å². The molecule has 3 nitrogen and oxygen atoms in total. The van der Waals surface area contributed by atoms with Gasteiger partial charge in [-0.3, -0.25) is 4.79 Å². The van der Waals surface area contributed by atoms with Gasteiger partial charge in [-0.05, 0) is 56.4 Å². The second kappa shape index (κ2) is 7.77. The quantitative estimate of drug-likeness (QED) is 0.812. The largest absolute Gasteiger partial charge is 0.340 e. The van der Waals surface area contributed by atoms with Crippen LogP contribution < -0.4 is 0 Å². The summed E-state index contributed by atoms with van der Waals surface area (Å²) < 4.78 is 13.5. The molecule has 0 heterocycles. The molecule has 2 rings (SSSR count). The average Bonchev–Trinajstić information content (AvgIpc) is 2.55. The van der Waals surface area contributed by atoms with E-state index in [1.165, 1.54) is 6.07 Å². The number of nitrogens with zero attached hydrogens (tertiary/aromatic N) is 2. The maximum atomic E-state index is 13.5. The van der Waals surface area contributed by atoms with Gasteiger partial charge < -0.3 is 9.80 Å². The van der Waals surface area contributed by atoms with Crippen LogP contribution in [0.5, 0.6) is 0 Å². The second-order valence-corrected chi connectivity index (χ2v) is 6.60. The summed E-state index contributed by atoms with van der Waals surface area (Å²) in [7, 11) is 5.74. The molecule has 0 fully saturated rings. The average molecular weight is 349 g/mol. The van der Waals surface area contributed by atoms with Crippen LogP contribution in [-0.4, -0.2) is 49.9 Å². The van der Waals surface area contributed by atoms with Crippen molar-refractivity contribution >= 4 is 17.5 Å². The van der Waals surface area contributed by atoms with Gasteiger partial charge in [0.15, 0.2) is 0 Å². The van der Waals surface area contributed by atoms with Gasteiger partial charge in [-0.1, -0.05) is 23.7 Å². The van der Waals surface area contributed by atoms with Crippen LogP contribution in [0, 0.1) is 12.7 Å². The van der Waals surface area contributed by atoms with Gasteiger partial charge in [-0.15, -0.1) is 0 Å². The van der Waals surface area contributed by atoms with Gasteiger partial charge in [0.1, 0.15) is 5.82 Å². The monoisotopic (exact) mass is 348 g/mol. The molecular weight excluding hydrogens is 327 g/mol. The first-order valence-corrected chi connectivity index (χ1v) is 8.13. The van der Waals surface area contributed by atoms with Gasteiger partial charge in [-0.25, -0.2) is 4.39 Å². The lowest BCUT2D eigenvalue weighted by atomic mass is 10.0. The number of hydrogen-bond acceptors (Lipinski definition) is 2. The molecule has 0 atom stereocenters. The second-order valence-electron chi connectivity index (χ2n) is 6.19. The maximum Gasteiger partial charge on any atom is 0.253 e. The zero-order valence-electron chi connectivity index (χ0n) is 14.4. The van der Waals surface area contributed by atoms with Crippen LogP contribution in [0.1, 0.15) is 15.9 Å². The minimum absolute atomic E-state index is 0.0233. The number of aryl methyl sites for hydroxylation is 1. The Morgan fingerprint density at radius 1 is 1.08 bits per heavy atom. The van der Waals surface area contributed by atoms with Crippen molar-refractivity contribution in [3.8, 4) is 11.1 Å². The van der Waals surface area contributed by atoms with E-state index < -0.39 is 0 Å². The van der Waals surface area contributed by atoms with E-state index in [1.807, 2.05) is 31.1 Å². The predicted octanol–water partition coefficient (Wildman–Crippen LogP) is 4.09. The Bertz CT molecular complexity index is 729. The van der Waals surface area contributed by atoms with Crippen molar-refractivity contribution < 1.29 is 9.18 Å². The molecule has 0 unspecified atom stereocenters. The summed E-state index contributed by atoms with van der Waals surface area (Å²) in [5, 5.41) is 0.361. The number of likely N-dealkylation sites (N-methyl/N-ethyl adjacent to an activating group) is 2. The molecule has 5 heteroatoms. The number of benzene rings is 2. The Morgan fingerprint density at radius 3 is 2.29 bits per heavy atom. The van der Waals surface area contributed by atoms with Crippen molar-refractivity contribution in [2.75, 3.05) is 34.2 Å². The maximum absolute atomic E-state index is 13.5. The van der Waals surface area contributed by atoms with E-state index in [0.29, 0.717) is 22.7 Å². The number of carbonyl (C=O) groups is 1. The molecule has 2 aromatic rings. The summed E-state index contributed by atoms with van der Waals surface area (Å²) in [6.45, 7) is 3.17. The highest BCUT2D eigenvalue weighted by Gasteiger charge is 2.13. The van der Waals surface area contributed by atoms with Crippen molar-refractivity contribution in [2.24, 2.45) is 0 Å². The third-order valence-corrected chi connectivity index (χ3v) is 4.23. The molecular formula is C19H22ClFN2O. The molecule has 0 aliphatic rings. The van der Waals surface area contributed by atoms with Crippen LogP contribution >= 0.6 is 11.6 Å². The molecule has 0 saturated carbocycles. The molecule has 0 radical (unpaired) electrons. The summed E-state index contributed by atoms with van der Waals surface area (Å²) >= 11 is 6.14. The van der Waals surface area contributed by atoms with Crippen LogP contribution in [0.3, 0.4) is 0 Å². The molecule has 0 aliphatic carbocycles. The summed E-state index contributed by atoms with van der Waals surface area (Å²) in [5.41, 5.74) is 2.78. The molecule has 0 N–H and O–H groups in total. The molecule has 1 amide bonds. The Kier molecular flexibility index (Phi) is 5.97. The minimum Gasteiger partial charge on any atom is -0.340 e. The number of amides is 1. The summed E-state index contributed by atoms with van der Waals surface area (Å²) in [6.07, 6.45) is 0. The van der Waals surface area contributed by atoms with Gasteiger partial charge in [0.25, 0.3) is 5.91 Å². The molecule has 2 aromatic carbocycles. The smallest absolute Gasteiger partial charge is 0.253 e. The molecule has 0 saturated heterocycles. The SMILES string of the molecule is Cc1cc(-c2ccc(C(=O)N(C)CCN(C)C)cc2)c(Cl)cc1F. The van der Waals surface area contributed by atoms with Crippen LogP contribution in [0.25, 0.3) is 11.1 Å². The van der Waals surface area contributed by atoms with E-state index in [9.17, 15) is 9.18 Å². The van der Waals surface area contributed by atoms with Gasteiger partial charge in [0, 0.05) is 31.3 Å². The van der Waals surface area contributed by atoms with Crippen molar-refractivity contribution in [1.82, 2.24) is 9.80 Å². The first kappa shape index (κ1) is 18.4. The van der Waals surface area contributed by atoms with E-state index in [1.54, 1.807) is 37.1 Å². The molecule has 128 valence electrons. The third kappa shape index (κ3) is 4.34. The van der Waals surface area contributed by atoms with Crippen LogP contribution in [0.2, 0.25) is 5.02 Å². The van der Waals surface area contributed by atoms with Gasteiger partial charge in [0.2, 0.25) is 0 Å². The standard InChI is InChI=1S/C19H22ClFN2O/c1-13-11-16(17(20)12-18(13)21)14-5-7-15(8-6-14)19(24)23(4)10-9-22(2)3/h5-8,11-12H,9-10H2,1-4H3. The fourth-order valence-electron chi connectivity index (χ4n) is 2.34. The third-order valence-electron chi connectivity index (χ3n) is 3.92. The highest BCUT2D eigenvalue weighted by Crippen LogP contribution is 2.30. The highest BCUT2D eigenvalue weighted by molar-refractivity contribution is 6.33. The molecule has 0 aromatic heterocycles. The highest BCUT2D eigenvalue weighted by atomic mass is 35.5. The Hall–Kier alpha value is -1.91. The zero-order chi connectivity index (χ0) is 17.9. The van der Waals surface area contributed by atoms with Crippen molar-refractivity contribution in [3.05, 3.63) is 58.4 Å². The van der Waals surface area contributed by atoms with Crippen molar-refractivity contribution in [3.63, 3.8) is 0 Å². The van der Waals surface area contributed by atoms with Crippen LogP contribution in [-0.2, 0) is 0 Å². The van der Waals surface area contributed by atoms with E-state index in [-0.39, 0.29) is 11.7 Å². The number of carbonyl (C=O) groups excluding carboxylic acids is 1. The van der Waals surface area contributed by atoms with E-state index in [4.69, 9.17) is 11.6 Å². The number of halogens is 2. The fourth-order valence-corrected chi connectivity index (χ4v) is 2.60. The first-order valence-electron chi connectivity index (χ1n) is 7.76. The van der Waals surface area contributed by atoms with Crippen molar-refractivity contribution in [2.45, 2.75) is 6.92 Å². The lowest BCUT2D eigenvalue weighted by molar-refractivity contribution is 0.0786. The van der Waals surface area contributed by atoms with E-state index in [0.717, 1.165) is 17.7 Å². The lowest BCUT2D eigenvalue weighted by Gasteiger charge is -2.19. The Balaban J connectivity index is 2.19. The number of rotatable bonds is 5. The molecule has 0 aliphatic heterocycles. The van der Waals surface area contributed by atoms with Crippen molar-refractivity contribution in [1.29, 1.82) is 0 Å². The van der Waals surface area contributed by atoms with Gasteiger partial charge >= 0.3 is 0 Å². The number of hydrogen-bond donors (Lipinski definition) is 0. The predicted molar refractivity (Wildman–Crippen MR) is 97.1 cm³/mol. The lowest BCUT2D eigenvalue weighted by Crippen LogP contribution is -2.33. The zero-order valence-corrected chi connectivity index (χ0v) is 15.2. The van der Waals surface area contributed by atoms with Crippen LogP contribution in [0.15, 0.2) is 36.4 Å². The van der Waals surface area contributed by atoms with Crippen LogP contribution in [0.4, 0.5) is 4.39 Å². The minimum atomic E-state index is -0.321. The summed E-state index contributed by atoms with van der Waals surface area (Å²) in [5.74, 6) is -0.345. The molecule has 0 spiro atoms. The summed E-state index contributed by atoms with van der Waals surface area (Å²) in [4.78, 5) is 16.1. The Labute approximate surface area is 147 Å². The molecule has 24 heavy (non-hydrogen) atoms. The van der Waals surface area contributed by atoms with Gasteiger partial charge in [0.05, 0.1) is 5.02 Å². The Morgan fingerprint density at radius 2 is 1.71 bits per heavy atom. The normalized spacial score (nSPS) is 11.0. The van der Waals surface area contributed by atoms with E-state index in [2.05, 4.69) is 0 Å². The molecule has 0 bridgehead atoms.